The molecule has 0 unspecified atom stereocenters. The lowest BCUT2D eigenvalue weighted by atomic mass is 10.1. The number of carbonyl (C=O) groups is 3. The van der Waals surface area contributed by atoms with Crippen LogP contribution in [0.15, 0.2) is 77.3 Å². The van der Waals surface area contributed by atoms with E-state index in [4.69, 9.17) is 0 Å². The number of para-hydroxylation sites is 1. The molecule has 7 nitrogen and oxygen atoms in total. The van der Waals surface area contributed by atoms with Gasteiger partial charge in [0, 0.05) is 21.4 Å². The van der Waals surface area contributed by atoms with Crippen LogP contribution < -0.4 is 16.0 Å². The molecule has 146 valence electrons. The molecule has 0 aliphatic heterocycles. The lowest BCUT2D eigenvalue weighted by Crippen LogP contribution is -2.20. The van der Waals surface area contributed by atoms with Gasteiger partial charge in [-0.1, -0.05) is 40.2 Å². The summed E-state index contributed by atoms with van der Waals surface area (Å²) in [5.74, 6) is -1.66. The lowest BCUT2D eigenvalue weighted by molar-refractivity contribution is 0.0698. The second-order valence-electron chi connectivity index (χ2n) is 5.98. The van der Waals surface area contributed by atoms with Crippen LogP contribution in [0.5, 0.6) is 0 Å². The van der Waals surface area contributed by atoms with Gasteiger partial charge in [-0.25, -0.2) is 9.59 Å². The summed E-state index contributed by atoms with van der Waals surface area (Å²) in [7, 11) is 0. The Kier molecular flexibility index (Phi) is 6.25. The van der Waals surface area contributed by atoms with Crippen molar-refractivity contribution in [2.45, 2.75) is 0 Å². The van der Waals surface area contributed by atoms with Gasteiger partial charge in [0.25, 0.3) is 5.91 Å². The quantitative estimate of drug-likeness (QED) is 0.433. The molecule has 3 aromatic carbocycles. The molecule has 0 bridgehead atoms. The van der Waals surface area contributed by atoms with Gasteiger partial charge < -0.3 is 21.1 Å². The van der Waals surface area contributed by atoms with E-state index < -0.39 is 17.9 Å². The van der Waals surface area contributed by atoms with Crippen LogP contribution >= 0.6 is 15.9 Å². The predicted octanol–water partition coefficient (Wildman–Crippen LogP) is 5.04. The fourth-order valence-electron chi connectivity index (χ4n) is 2.55. The first-order valence-corrected chi connectivity index (χ1v) is 9.29. The Morgan fingerprint density at radius 2 is 1.45 bits per heavy atom. The van der Waals surface area contributed by atoms with E-state index >= 15 is 0 Å². The molecule has 0 atom stereocenters. The van der Waals surface area contributed by atoms with Crippen molar-refractivity contribution in [2.75, 3.05) is 16.0 Å². The van der Waals surface area contributed by atoms with Crippen LogP contribution in [0.2, 0.25) is 0 Å². The summed E-state index contributed by atoms with van der Waals surface area (Å²) >= 11 is 3.21. The maximum atomic E-state index is 12.6. The minimum atomic E-state index is -1.16. The number of urea groups is 1. The molecule has 0 spiro atoms. The second kappa shape index (κ2) is 9.03. The SMILES string of the molecule is O=C(Nc1ccccc1)Nc1cccc(C(=O)Nc2ccc(Br)cc2C(=O)O)c1. The van der Waals surface area contributed by atoms with Crippen molar-refractivity contribution in [2.24, 2.45) is 0 Å². The van der Waals surface area contributed by atoms with E-state index in [1.165, 1.54) is 18.2 Å². The van der Waals surface area contributed by atoms with Gasteiger partial charge in [0.1, 0.15) is 0 Å². The summed E-state index contributed by atoms with van der Waals surface area (Å²) in [5.41, 5.74) is 1.45. The Morgan fingerprint density at radius 1 is 0.759 bits per heavy atom. The van der Waals surface area contributed by atoms with Crippen LogP contribution in [-0.2, 0) is 0 Å². The Hall–Kier alpha value is -3.65. The average Bonchev–Trinajstić information content (AvgIpc) is 2.70. The van der Waals surface area contributed by atoms with Gasteiger partial charge in [-0.05, 0) is 48.5 Å². The number of rotatable bonds is 5. The van der Waals surface area contributed by atoms with Gasteiger partial charge in [-0.2, -0.15) is 0 Å². The van der Waals surface area contributed by atoms with E-state index in [2.05, 4.69) is 31.9 Å². The van der Waals surface area contributed by atoms with Crippen molar-refractivity contribution >= 4 is 50.9 Å². The molecule has 3 amide bonds. The zero-order chi connectivity index (χ0) is 20.8. The first kappa shape index (κ1) is 20.1. The molecule has 3 aromatic rings. The van der Waals surface area contributed by atoms with Crippen molar-refractivity contribution in [3.63, 3.8) is 0 Å². The normalized spacial score (nSPS) is 10.1. The first-order valence-electron chi connectivity index (χ1n) is 8.50. The molecular formula is C21H16BrN3O4. The van der Waals surface area contributed by atoms with Crippen LogP contribution in [0.25, 0.3) is 0 Å². The van der Waals surface area contributed by atoms with Crippen LogP contribution in [0.1, 0.15) is 20.7 Å². The minimum absolute atomic E-state index is 0.0377. The second-order valence-corrected chi connectivity index (χ2v) is 6.89. The third-order valence-corrected chi connectivity index (χ3v) is 4.37. The molecular weight excluding hydrogens is 438 g/mol. The summed E-state index contributed by atoms with van der Waals surface area (Å²) in [6.07, 6.45) is 0. The third kappa shape index (κ3) is 5.43. The monoisotopic (exact) mass is 453 g/mol. The number of aromatic carboxylic acids is 1. The van der Waals surface area contributed by atoms with Crippen LogP contribution in [0.4, 0.5) is 21.9 Å². The summed E-state index contributed by atoms with van der Waals surface area (Å²) in [4.78, 5) is 36.1. The molecule has 3 rings (SSSR count). The Bertz CT molecular complexity index is 1070. The number of amides is 3. The van der Waals surface area contributed by atoms with Crippen molar-refractivity contribution < 1.29 is 19.5 Å². The number of carboxylic acid groups (broad SMARTS) is 1. The molecule has 8 heteroatoms. The molecule has 0 heterocycles. The van der Waals surface area contributed by atoms with E-state index in [-0.39, 0.29) is 16.8 Å². The molecule has 0 aromatic heterocycles. The molecule has 0 fully saturated rings. The number of carboxylic acids is 1. The number of hydrogen-bond acceptors (Lipinski definition) is 3. The fraction of sp³-hybridized carbons (Fsp3) is 0. The third-order valence-electron chi connectivity index (χ3n) is 3.87. The van der Waals surface area contributed by atoms with Crippen molar-refractivity contribution in [1.29, 1.82) is 0 Å². The molecule has 0 saturated heterocycles. The number of halogens is 1. The molecule has 0 aliphatic carbocycles. The van der Waals surface area contributed by atoms with E-state index in [9.17, 15) is 19.5 Å². The van der Waals surface area contributed by atoms with E-state index in [0.717, 1.165) is 0 Å². The fourth-order valence-corrected chi connectivity index (χ4v) is 2.91. The van der Waals surface area contributed by atoms with E-state index in [1.54, 1.807) is 48.5 Å². The smallest absolute Gasteiger partial charge is 0.337 e. The number of carbonyl (C=O) groups excluding carboxylic acids is 2. The Labute approximate surface area is 174 Å². The molecule has 0 aliphatic rings. The zero-order valence-electron chi connectivity index (χ0n) is 15.0. The van der Waals surface area contributed by atoms with E-state index in [0.29, 0.717) is 15.8 Å². The first-order chi connectivity index (χ1) is 13.9. The maximum Gasteiger partial charge on any atom is 0.337 e. The number of benzene rings is 3. The standard InChI is InChI=1S/C21H16BrN3O4/c22-14-9-10-18(17(12-14)20(27)28)25-19(26)13-5-4-8-16(11-13)24-21(29)23-15-6-2-1-3-7-15/h1-12H,(H,25,26)(H,27,28)(H2,23,24,29). The highest BCUT2D eigenvalue weighted by Crippen LogP contribution is 2.22. The van der Waals surface area contributed by atoms with Gasteiger partial charge in [0.15, 0.2) is 0 Å². The van der Waals surface area contributed by atoms with E-state index in [1.807, 2.05) is 6.07 Å². The molecule has 0 radical (unpaired) electrons. The number of hydrogen-bond donors (Lipinski definition) is 4. The van der Waals surface area contributed by atoms with Crippen molar-refractivity contribution in [1.82, 2.24) is 0 Å². The maximum absolute atomic E-state index is 12.6. The summed E-state index contributed by atoms with van der Waals surface area (Å²) in [6, 6.07) is 19.4. The summed E-state index contributed by atoms with van der Waals surface area (Å²) in [5, 5.41) is 17.2. The Morgan fingerprint density at radius 3 is 2.17 bits per heavy atom. The highest BCUT2D eigenvalue weighted by atomic mass is 79.9. The van der Waals surface area contributed by atoms with Crippen molar-refractivity contribution in [3.8, 4) is 0 Å². The topological polar surface area (TPSA) is 108 Å². The average molecular weight is 454 g/mol. The molecule has 0 saturated carbocycles. The van der Waals surface area contributed by atoms with Gasteiger partial charge in [-0.15, -0.1) is 0 Å². The predicted molar refractivity (Wildman–Crippen MR) is 115 cm³/mol. The summed E-state index contributed by atoms with van der Waals surface area (Å²) < 4.78 is 0.587. The zero-order valence-corrected chi connectivity index (χ0v) is 16.6. The highest BCUT2D eigenvalue weighted by molar-refractivity contribution is 9.10. The van der Waals surface area contributed by atoms with Crippen LogP contribution in [0.3, 0.4) is 0 Å². The van der Waals surface area contributed by atoms with Crippen LogP contribution in [0, 0.1) is 0 Å². The van der Waals surface area contributed by atoms with Gasteiger partial charge in [-0.3, -0.25) is 4.79 Å². The van der Waals surface area contributed by atoms with Gasteiger partial charge >= 0.3 is 12.0 Å². The number of nitrogens with one attached hydrogen (secondary N) is 3. The largest absolute Gasteiger partial charge is 0.478 e. The Balaban J connectivity index is 1.71. The molecule has 4 N–H and O–H groups in total. The summed E-state index contributed by atoms with van der Waals surface area (Å²) in [6.45, 7) is 0. The van der Waals surface area contributed by atoms with Gasteiger partial charge in [0.05, 0.1) is 11.3 Å². The minimum Gasteiger partial charge on any atom is -0.478 e. The van der Waals surface area contributed by atoms with Crippen LogP contribution in [-0.4, -0.2) is 23.0 Å². The molecule has 29 heavy (non-hydrogen) atoms. The highest BCUT2D eigenvalue weighted by Gasteiger charge is 2.15. The lowest BCUT2D eigenvalue weighted by Gasteiger charge is -2.11. The van der Waals surface area contributed by atoms with Crippen molar-refractivity contribution in [3.05, 3.63) is 88.4 Å². The number of anilines is 3. The van der Waals surface area contributed by atoms with Gasteiger partial charge in [0.2, 0.25) is 0 Å².